The van der Waals surface area contributed by atoms with E-state index in [1.165, 1.54) is 4.31 Å². The van der Waals surface area contributed by atoms with Crippen molar-refractivity contribution in [1.82, 2.24) is 14.5 Å². The van der Waals surface area contributed by atoms with Gasteiger partial charge in [-0.15, -0.1) is 10.2 Å². The first-order chi connectivity index (χ1) is 8.05. The van der Waals surface area contributed by atoms with Gasteiger partial charge in [-0.3, -0.25) is 0 Å². The van der Waals surface area contributed by atoms with E-state index in [1.807, 2.05) is 0 Å². The highest BCUT2D eigenvalue weighted by Gasteiger charge is 2.37. The van der Waals surface area contributed by atoms with E-state index in [2.05, 4.69) is 10.2 Å². The van der Waals surface area contributed by atoms with E-state index >= 15 is 0 Å². The highest BCUT2D eigenvalue weighted by Crippen LogP contribution is 2.27. The smallest absolute Gasteiger partial charge is 0.272 e. The van der Waals surface area contributed by atoms with Gasteiger partial charge in [-0.05, 0) is 19.8 Å². The molecular formula is C9H15N3O3S2. The predicted octanol–water partition coefficient (Wildman–Crippen LogP) is 0.646. The van der Waals surface area contributed by atoms with Crippen LogP contribution in [0.1, 0.15) is 17.8 Å². The van der Waals surface area contributed by atoms with Gasteiger partial charge in [0.1, 0.15) is 5.01 Å². The predicted molar refractivity (Wildman–Crippen MR) is 63.4 cm³/mol. The van der Waals surface area contributed by atoms with Crippen LogP contribution in [0.15, 0.2) is 4.34 Å². The van der Waals surface area contributed by atoms with Gasteiger partial charge < -0.3 is 4.74 Å². The maximum Gasteiger partial charge on any atom is 0.272 e. The number of hydrogen-bond acceptors (Lipinski definition) is 6. The molecule has 17 heavy (non-hydrogen) atoms. The molecule has 1 aromatic rings. The normalized spacial score (nSPS) is 22.1. The maximum absolute atomic E-state index is 12.3. The third kappa shape index (κ3) is 2.49. The van der Waals surface area contributed by atoms with Crippen LogP contribution in [0.2, 0.25) is 0 Å². The van der Waals surface area contributed by atoms with Crippen molar-refractivity contribution in [2.45, 2.75) is 30.1 Å². The molecule has 0 N–H and O–H groups in total. The molecule has 1 saturated heterocycles. The molecule has 1 atom stereocenters. The third-order valence-corrected chi connectivity index (χ3v) is 5.86. The average molecular weight is 277 g/mol. The summed E-state index contributed by atoms with van der Waals surface area (Å²) in [4.78, 5) is 0. The van der Waals surface area contributed by atoms with E-state index in [0.29, 0.717) is 18.2 Å². The van der Waals surface area contributed by atoms with Gasteiger partial charge in [0.2, 0.25) is 4.34 Å². The third-order valence-electron chi connectivity index (χ3n) is 2.72. The SMILES string of the molecule is COC[C@H]1CCCN1S(=O)(=O)c1nnc(C)s1. The van der Waals surface area contributed by atoms with E-state index in [1.54, 1.807) is 14.0 Å². The van der Waals surface area contributed by atoms with Crippen LogP contribution in [0.3, 0.4) is 0 Å². The lowest BCUT2D eigenvalue weighted by atomic mass is 10.2. The van der Waals surface area contributed by atoms with E-state index in [9.17, 15) is 8.42 Å². The number of nitrogens with zero attached hydrogens (tertiary/aromatic N) is 3. The number of hydrogen-bond donors (Lipinski definition) is 0. The molecule has 1 aromatic heterocycles. The molecule has 0 aliphatic carbocycles. The minimum Gasteiger partial charge on any atom is -0.383 e. The van der Waals surface area contributed by atoms with Crippen molar-refractivity contribution in [3.63, 3.8) is 0 Å². The Morgan fingerprint density at radius 1 is 1.53 bits per heavy atom. The Bertz CT molecular complexity index is 485. The molecule has 0 unspecified atom stereocenters. The monoisotopic (exact) mass is 277 g/mol. The summed E-state index contributed by atoms with van der Waals surface area (Å²) in [6, 6.07) is -0.0748. The molecule has 1 fully saturated rings. The first-order valence-electron chi connectivity index (χ1n) is 5.36. The van der Waals surface area contributed by atoms with Crippen molar-refractivity contribution in [3.05, 3.63) is 5.01 Å². The minimum atomic E-state index is -3.49. The zero-order valence-electron chi connectivity index (χ0n) is 9.79. The van der Waals surface area contributed by atoms with Crippen LogP contribution in [-0.2, 0) is 14.8 Å². The fourth-order valence-electron chi connectivity index (χ4n) is 1.97. The second-order valence-electron chi connectivity index (χ2n) is 3.95. The number of aryl methyl sites for hydroxylation is 1. The van der Waals surface area contributed by atoms with Crippen molar-refractivity contribution >= 4 is 21.4 Å². The summed E-state index contributed by atoms with van der Waals surface area (Å²) in [7, 11) is -1.91. The highest BCUT2D eigenvalue weighted by molar-refractivity contribution is 7.91. The van der Waals surface area contributed by atoms with E-state index < -0.39 is 10.0 Å². The zero-order valence-corrected chi connectivity index (χ0v) is 11.4. The van der Waals surface area contributed by atoms with Gasteiger partial charge >= 0.3 is 0 Å². The summed E-state index contributed by atoms with van der Waals surface area (Å²) in [5.74, 6) is 0. The van der Waals surface area contributed by atoms with Crippen molar-refractivity contribution in [2.75, 3.05) is 20.3 Å². The molecular weight excluding hydrogens is 262 g/mol. The molecule has 2 heterocycles. The molecule has 0 radical (unpaired) electrons. The van der Waals surface area contributed by atoms with Crippen molar-refractivity contribution < 1.29 is 13.2 Å². The summed E-state index contributed by atoms with van der Waals surface area (Å²) in [5.41, 5.74) is 0. The van der Waals surface area contributed by atoms with Crippen LogP contribution < -0.4 is 0 Å². The molecule has 8 heteroatoms. The molecule has 6 nitrogen and oxygen atoms in total. The average Bonchev–Trinajstić information content (AvgIpc) is 2.87. The lowest BCUT2D eigenvalue weighted by Gasteiger charge is -2.21. The number of sulfonamides is 1. The highest BCUT2D eigenvalue weighted by atomic mass is 32.2. The largest absolute Gasteiger partial charge is 0.383 e. The molecule has 1 aliphatic heterocycles. The molecule has 0 bridgehead atoms. The van der Waals surface area contributed by atoms with Crippen LogP contribution in [-0.4, -0.2) is 49.2 Å². The number of aromatic nitrogens is 2. The van der Waals surface area contributed by atoms with Crippen LogP contribution in [0.25, 0.3) is 0 Å². The Morgan fingerprint density at radius 3 is 2.88 bits per heavy atom. The van der Waals surface area contributed by atoms with Crippen LogP contribution in [0, 0.1) is 6.92 Å². The zero-order chi connectivity index (χ0) is 12.5. The second-order valence-corrected chi connectivity index (χ2v) is 7.20. The summed E-state index contributed by atoms with van der Waals surface area (Å²) in [5, 5.41) is 8.14. The maximum atomic E-state index is 12.3. The molecule has 0 spiro atoms. The summed E-state index contributed by atoms with van der Waals surface area (Å²) >= 11 is 1.11. The standard InChI is InChI=1S/C9H15N3O3S2/c1-7-10-11-9(16-7)17(13,14)12-5-3-4-8(12)6-15-2/h8H,3-6H2,1-2H3/t8-/m1/s1. The summed E-state index contributed by atoms with van der Waals surface area (Å²) < 4.78 is 31.2. The van der Waals surface area contributed by atoms with Crippen molar-refractivity contribution in [1.29, 1.82) is 0 Å². The quantitative estimate of drug-likeness (QED) is 0.808. The number of rotatable bonds is 4. The number of ether oxygens (including phenoxy) is 1. The lowest BCUT2D eigenvalue weighted by Crippen LogP contribution is -2.38. The van der Waals surface area contributed by atoms with E-state index in [4.69, 9.17) is 4.74 Å². The van der Waals surface area contributed by atoms with Gasteiger partial charge in [-0.2, -0.15) is 4.31 Å². The van der Waals surface area contributed by atoms with Gasteiger partial charge in [0, 0.05) is 19.7 Å². The molecule has 2 rings (SSSR count). The number of methoxy groups -OCH3 is 1. The van der Waals surface area contributed by atoms with Crippen LogP contribution in [0.4, 0.5) is 0 Å². The van der Waals surface area contributed by atoms with Gasteiger partial charge in [0.05, 0.1) is 6.61 Å². The topological polar surface area (TPSA) is 72.4 Å². The Labute approximate surface area is 105 Å². The minimum absolute atomic E-state index is 0.0748. The Hall–Kier alpha value is -0.570. The first-order valence-corrected chi connectivity index (χ1v) is 7.62. The van der Waals surface area contributed by atoms with Crippen molar-refractivity contribution in [3.8, 4) is 0 Å². The van der Waals surface area contributed by atoms with Gasteiger partial charge in [-0.1, -0.05) is 11.3 Å². The van der Waals surface area contributed by atoms with Crippen molar-refractivity contribution in [2.24, 2.45) is 0 Å². The second kappa shape index (κ2) is 4.97. The molecule has 0 saturated carbocycles. The van der Waals surface area contributed by atoms with Crippen LogP contribution in [0.5, 0.6) is 0 Å². The Balaban J connectivity index is 2.26. The summed E-state index contributed by atoms with van der Waals surface area (Å²) in [6.07, 6.45) is 1.70. The van der Waals surface area contributed by atoms with Gasteiger partial charge in [-0.25, -0.2) is 8.42 Å². The molecule has 1 aliphatic rings. The van der Waals surface area contributed by atoms with E-state index in [0.717, 1.165) is 24.2 Å². The molecule has 0 aromatic carbocycles. The van der Waals surface area contributed by atoms with Crippen LogP contribution >= 0.6 is 11.3 Å². The Morgan fingerprint density at radius 2 is 2.29 bits per heavy atom. The van der Waals surface area contributed by atoms with Gasteiger partial charge in [0.15, 0.2) is 0 Å². The Kier molecular flexibility index (Phi) is 3.76. The van der Waals surface area contributed by atoms with E-state index in [-0.39, 0.29) is 10.4 Å². The lowest BCUT2D eigenvalue weighted by molar-refractivity contribution is 0.149. The molecule has 0 amide bonds. The first kappa shape index (κ1) is 12.9. The summed E-state index contributed by atoms with van der Waals surface area (Å²) in [6.45, 7) is 2.71. The van der Waals surface area contributed by atoms with Gasteiger partial charge in [0.25, 0.3) is 10.0 Å². The molecule has 96 valence electrons. The fraction of sp³-hybridized carbons (Fsp3) is 0.778. The fourth-order valence-corrected chi connectivity index (χ4v) is 4.73.